The first-order valence-electron chi connectivity index (χ1n) is 3.05. The highest BCUT2D eigenvalue weighted by atomic mass is 32.2. The lowest BCUT2D eigenvalue weighted by molar-refractivity contribution is -0.515. The summed E-state index contributed by atoms with van der Waals surface area (Å²) in [6, 6.07) is -0.315. The molecule has 1 aliphatic rings. The molecule has 0 aliphatic carbocycles. The topological polar surface area (TPSA) is 40.3 Å². The van der Waals surface area contributed by atoms with Gasteiger partial charge < -0.3 is 5.11 Å². The minimum absolute atomic E-state index is 0.315. The van der Waals surface area contributed by atoms with Gasteiger partial charge in [0.2, 0.25) is 5.04 Å². The molecule has 1 atom stereocenters. The van der Waals surface area contributed by atoms with Gasteiger partial charge in [0.1, 0.15) is 7.05 Å². The van der Waals surface area contributed by atoms with Crippen molar-refractivity contribution in [1.29, 1.82) is 0 Å². The Balaban J connectivity index is 2.77. The number of aliphatic carboxylic acids is 1. The van der Waals surface area contributed by atoms with Crippen LogP contribution in [0.5, 0.6) is 0 Å². The van der Waals surface area contributed by atoms with Crippen LogP contribution in [0.3, 0.4) is 0 Å². The summed E-state index contributed by atoms with van der Waals surface area (Å²) in [5, 5.41) is 9.72. The van der Waals surface area contributed by atoms with Crippen LogP contribution in [0.4, 0.5) is 0 Å². The molecule has 10 heavy (non-hydrogen) atoms. The fourth-order valence-electron chi connectivity index (χ4n) is 0.870. The second-order valence-corrected chi connectivity index (χ2v) is 3.51. The Labute approximate surface area is 63.7 Å². The molecule has 0 radical (unpaired) electrons. The minimum Gasteiger partial charge on any atom is -0.476 e. The first kappa shape index (κ1) is 7.60. The van der Waals surface area contributed by atoms with Crippen molar-refractivity contribution in [1.82, 2.24) is 0 Å². The fraction of sp³-hybridized carbons (Fsp3) is 0.667. The van der Waals surface area contributed by atoms with E-state index in [-0.39, 0.29) is 6.04 Å². The normalized spacial score (nSPS) is 25.6. The van der Waals surface area contributed by atoms with Crippen molar-refractivity contribution in [3.05, 3.63) is 0 Å². The third kappa shape index (κ3) is 1.16. The molecule has 0 aromatic carbocycles. The molecule has 0 saturated carbocycles. The summed E-state index contributed by atoms with van der Waals surface area (Å²) in [5.74, 6) is -0.0515. The predicted octanol–water partition coefficient (Wildman–Crippen LogP) is 0.247. The number of hydrogen-bond donors (Lipinski definition) is 1. The van der Waals surface area contributed by atoms with Gasteiger partial charge in [0.05, 0.1) is 5.75 Å². The summed E-state index contributed by atoms with van der Waals surface area (Å²) in [6.07, 6.45) is 0. The zero-order chi connectivity index (χ0) is 7.72. The van der Waals surface area contributed by atoms with Crippen LogP contribution < -0.4 is 0 Å². The number of thioether (sulfide) groups is 1. The lowest BCUT2D eigenvalue weighted by atomic mass is 10.3. The molecule has 1 unspecified atom stereocenters. The van der Waals surface area contributed by atoms with E-state index < -0.39 is 5.97 Å². The minimum atomic E-state index is -0.730. The summed E-state index contributed by atoms with van der Waals surface area (Å²) in [4.78, 5) is 10.5. The van der Waals surface area contributed by atoms with Gasteiger partial charge in [-0.05, 0) is 0 Å². The molecule has 1 aliphatic heterocycles. The van der Waals surface area contributed by atoms with Gasteiger partial charge in [0, 0.05) is 6.92 Å². The van der Waals surface area contributed by atoms with E-state index >= 15 is 0 Å². The number of carboxylic acids is 1. The van der Waals surface area contributed by atoms with Gasteiger partial charge in [-0.1, -0.05) is 11.8 Å². The molecule has 3 nitrogen and oxygen atoms in total. The van der Waals surface area contributed by atoms with Crippen molar-refractivity contribution in [3.63, 3.8) is 0 Å². The summed E-state index contributed by atoms with van der Waals surface area (Å²) in [6.45, 7) is 1.94. The van der Waals surface area contributed by atoms with Gasteiger partial charge in [-0.15, -0.1) is 0 Å². The number of nitrogens with zero attached hydrogens (tertiary/aromatic N) is 1. The van der Waals surface area contributed by atoms with Crippen molar-refractivity contribution in [2.24, 2.45) is 0 Å². The van der Waals surface area contributed by atoms with Crippen molar-refractivity contribution in [2.45, 2.75) is 13.0 Å². The molecule has 1 rings (SSSR count). The molecule has 0 aromatic rings. The zero-order valence-electron chi connectivity index (χ0n) is 6.00. The highest BCUT2D eigenvalue weighted by molar-refractivity contribution is 8.13. The first-order valence-corrected chi connectivity index (χ1v) is 4.03. The van der Waals surface area contributed by atoms with Crippen LogP contribution in [0, 0.1) is 0 Å². The monoisotopic (exact) mass is 160 g/mol. The van der Waals surface area contributed by atoms with E-state index in [9.17, 15) is 4.79 Å². The second-order valence-electron chi connectivity index (χ2n) is 2.29. The zero-order valence-corrected chi connectivity index (χ0v) is 6.81. The van der Waals surface area contributed by atoms with E-state index in [4.69, 9.17) is 5.11 Å². The first-order chi connectivity index (χ1) is 4.63. The Morgan fingerprint density at radius 2 is 2.50 bits per heavy atom. The molecule has 0 spiro atoms. The maximum Gasteiger partial charge on any atom is 0.373 e. The average molecular weight is 160 g/mol. The molecular formula is C6H10NO2S+. The van der Waals surface area contributed by atoms with E-state index in [1.54, 1.807) is 16.3 Å². The summed E-state index contributed by atoms with van der Waals surface area (Å²) in [5.41, 5.74) is 0. The summed E-state index contributed by atoms with van der Waals surface area (Å²) in [7, 11) is 1.81. The maximum atomic E-state index is 10.5. The van der Waals surface area contributed by atoms with Gasteiger partial charge in [-0.2, -0.15) is 0 Å². The van der Waals surface area contributed by atoms with Gasteiger partial charge >= 0.3 is 5.97 Å². The molecule has 0 saturated heterocycles. The lowest BCUT2D eigenvalue weighted by Crippen LogP contribution is -2.30. The molecule has 1 N–H and O–H groups in total. The van der Waals surface area contributed by atoms with Crippen LogP contribution in [0.25, 0.3) is 0 Å². The van der Waals surface area contributed by atoms with Crippen LogP contribution in [0.1, 0.15) is 6.92 Å². The second kappa shape index (κ2) is 2.62. The maximum absolute atomic E-state index is 10.5. The smallest absolute Gasteiger partial charge is 0.373 e. The predicted molar refractivity (Wildman–Crippen MR) is 40.7 cm³/mol. The van der Waals surface area contributed by atoms with Gasteiger partial charge in [0.25, 0.3) is 6.04 Å². The van der Waals surface area contributed by atoms with Crippen molar-refractivity contribution in [3.8, 4) is 0 Å². The number of carbonyl (C=O) groups is 1. The third-order valence-corrected chi connectivity index (χ3v) is 2.89. The van der Waals surface area contributed by atoms with Crippen LogP contribution in [-0.4, -0.2) is 39.5 Å². The van der Waals surface area contributed by atoms with Gasteiger partial charge in [0.15, 0.2) is 0 Å². The summed E-state index contributed by atoms with van der Waals surface area (Å²) >= 11 is 1.60. The van der Waals surface area contributed by atoms with Crippen molar-refractivity contribution in [2.75, 3.05) is 12.8 Å². The Morgan fingerprint density at radius 3 is 2.70 bits per heavy atom. The summed E-state index contributed by atoms with van der Waals surface area (Å²) < 4.78 is 1.80. The largest absolute Gasteiger partial charge is 0.476 e. The van der Waals surface area contributed by atoms with Gasteiger partial charge in [-0.25, -0.2) is 9.37 Å². The van der Waals surface area contributed by atoms with Gasteiger partial charge in [-0.3, -0.25) is 0 Å². The van der Waals surface area contributed by atoms with Crippen LogP contribution in [0.2, 0.25) is 0 Å². The average Bonchev–Trinajstić information content (AvgIpc) is 2.14. The van der Waals surface area contributed by atoms with E-state index in [2.05, 4.69) is 0 Å². The lowest BCUT2D eigenvalue weighted by Gasteiger charge is -1.97. The molecule has 0 amide bonds. The van der Waals surface area contributed by atoms with Crippen LogP contribution in [0.15, 0.2) is 0 Å². The van der Waals surface area contributed by atoms with Crippen molar-refractivity contribution < 1.29 is 14.5 Å². The Kier molecular flexibility index (Phi) is 1.99. The molecule has 0 bridgehead atoms. The van der Waals surface area contributed by atoms with E-state index in [1.165, 1.54) is 0 Å². The number of hydrogen-bond acceptors (Lipinski definition) is 2. The fourth-order valence-corrected chi connectivity index (χ4v) is 1.97. The standard InChI is InChI=1S/C6H9NO2S/c1-4-7(2)5(3-10-4)6(8)9/h5H,3H2,1-2H3/p+1. The molecule has 0 fully saturated rings. The van der Waals surface area contributed by atoms with Crippen LogP contribution >= 0.6 is 11.8 Å². The van der Waals surface area contributed by atoms with E-state index in [0.717, 1.165) is 5.04 Å². The molecule has 0 aromatic heterocycles. The number of likely N-dealkylation sites (N-methyl/N-ethyl adjacent to an activating group) is 1. The SMILES string of the molecule is CC1=[N+](C)C(C(=O)O)CS1. The van der Waals surface area contributed by atoms with E-state index in [1.807, 2.05) is 14.0 Å². The van der Waals surface area contributed by atoms with Crippen LogP contribution in [-0.2, 0) is 4.79 Å². The molecule has 1 heterocycles. The Hall–Kier alpha value is -0.510. The number of carboxylic acid groups (broad SMARTS) is 1. The highest BCUT2D eigenvalue weighted by Gasteiger charge is 2.34. The number of rotatable bonds is 1. The highest BCUT2D eigenvalue weighted by Crippen LogP contribution is 2.15. The molecular weight excluding hydrogens is 150 g/mol. The molecule has 4 heteroatoms. The Bertz CT molecular complexity index is 200. The quantitative estimate of drug-likeness (QED) is 0.559. The Morgan fingerprint density at radius 1 is 1.90 bits per heavy atom. The molecule has 56 valence electrons. The van der Waals surface area contributed by atoms with Crippen molar-refractivity contribution >= 4 is 22.8 Å². The van der Waals surface area contributed by atoms with E-state index in [0.29, 0.717) is 5.75 Å². The third-order valence-electron chi connectivity index (χ3n) is 1.70.